The van der Waals surface area contributed by atoms with Crippen LogP contribution in [-0.4, -0.2) is 18.0 Å². The molecule has 0 saturated carbocycles. The number of halogens is 1. The van der Waals surface area contributed by atoms with Crippen LogP contribution < -0.4 is 9.64 Å². The van der Waals surface area contributed by atoms with Crippen molar-refractivity contribution in [2.45, 2.75) is 6.54 Å². The number of ether oxygens (including phenoxy) is 1. The summed E-state index contributed by atoms with van der Waals surface area (Å²) in [6.07, 6.45) is 0. The third-order valence-corrected chi connectivity index (χ3v) is 5.63. The van der Waals surface area contributed by atoms with Gasteiger partial charge in [0, 0.05) is 5.02 Å². The van der Waals surface area contributed by atoms with Crippen LogP contribution >= 0.6 is 22.9 Å². The number of carbonyl (C=O) groups is 1. The highest BCUT2D eigenvalue weighted by Crippen LogP contribution is 2.32. The van der Waals surface area contributed by atoms with Crippen LogP contribution in [0, 0.1) is 0 Å². The van der Waals surface area contributed by atoms with Gasteiger partial charge >= 0.3 is 0 Å². The quantitative estimate of drug-likeness (QED) is 0.418. The summed E-state index contributed by atoms with van der Waals surface area (Å²) in [5.74, 6) is 0.274. The van der Waals surface area contributed by atoms with Crippen LogP contribution in [-0.2, 0) is 6.54 Å². The number of hydrogen-bond donors (Lipinski definition) is 0. The largest absolute Gasteiger partial charge is 0.496 e. The third-order valence-electron chi connectivity index (χ3n) is 4.33. The summed E-state index contributed by atoms with van der Waals surface area (Å²) >= 11 is 7.64. The summed E-state index contributed by atoms with van der Waals surface area (Å²) in [6, 6.07) is 22.7. The van der Waals surface area contributed by atoms with E-state index < -0.39 is 0 Å². The van der Waals surface area contributed by atoms with Crippen molar-refractivity contribution in [3.63, 3.8) is 0 Å². The minimum Gasteiger partial charge on any atom is -0.496 e. The van der Waals surface area contributed by atoms with Crippen molar-refractivity contribution in [2.75, 3.05) is 12.0 Å². The Morgan fingerprint density at radius 3 is 2.57 bits per heavy atom. The first-order valence-electron chi connectivity index (χ1n) is 8.70. The van der Waals surface area contributed by atoms with E-state index in [1.165, 1.54) is 11.3 Å². The van der Waals surface area contributed by atoms with Crippen LogP contribution in [0.1, 0.15) is 15.9 Å². The summed E-state index contributed by atoms with van der Waals surface area (Å²) in [5, 5.41) is 1.12. The standard InChI is InChI=1S/C22H17ClN2O2S/c1-27-19-12-11-16(23)13-17(19)21(26)25(14-15-7-3-2-4-8-15)22-24-18-9-5-6-10-20(18)28-22/h2-13H,14H2,1H3. The fourth-order valence-corrected chi connectivity index (χ4v) is 4.10. The second kappa shape index (κ2) is 8.00. The highest BCUT2D eigenvalue weighted by atomic mass is 35.5. The van der Waals surface area contributed by atoms with Gasteiger partial charge in [-0.15, -0.1) is 0 Å². The van der Waals surface area contributed by atoms with E-state index in [9.17, 15) is 4.79 Å². The lowest BCUT2D eigenvalue weighted by Gasteiger charge is -2.21. The van der Waals surface area contributed by atoms with Crippen molar-refractivity contribution in [3.05, 3.63) is 88.9 Å². The molecule has 0 saturated heterocycles. The fourth-order valence-electron chi connectivity index (χ4n) is 2.96. The second-order valence-corrected chi connectivity index (χ2v) is 7.63. The number of hydrogen-bond acceptors (Lipinski definition) is 4. The molecule has 0 unspecified atom stereocenters. The zero-order valence-corrected chi connectivity index (χ0v) is 16.7. The van der Waals surface area contributed by atoms with E-state index in [0.29, 0.717) is 28.0 Å². The maximum atomic E-state index is 13.5. The lowest BCUT2D eigenvalue weighted by atomic mass is 10.1. The van der Waals surface area contributed by atoms with Crippen LogP contribution in [0.3, 0.4) is 0 Å². The molecular weight excluding hydrogens is 392 g/mol. The Hall–Kier alpha value is -2.89. The monoisotopic (exact) mass is 408 g/mol. The number of amides is 1. The highest BCUT2D eigenvalue weighted by Gasteiger charge is 2.24. The fraction of sp³-hybridized carbons (Fsp3) is 0.0909. The highest BCUT2D eigenvalue weighted by molar-refractivity contribution is 7.22. The molecule has 1 heterocycles. The van der Waals surface area contributed by atoms with Crippen LogP contribution in [0.5, 0.6) is 5.75 Å². The Labute approximate surface area is 172 Å². The molecule has 0 aliphatic carbocycles. The van der Waals surface area contributed by atoms with E-state index in [2.05, 4.69) is 4.98 Å². The van der Waals surface area contributed by atoms with Gasteiger partial charge in [-0.25, -0.2) is 4.98 Å². The molecule has 0 bridgehead atoms. The summed E-state index contributed by atoms with van der Waals surface area (Å²) in [5.41, 5.74) is 2.28. The molecule has 1 aromatic heterocycles. The number of carbonyl (C=O) groups excluding carboxylic acids is 1. The minimum absolute atomic E-state index is 0.206. The van der Waals surface area contributed by atoms with Gasteiger partial charge in [-0.05, 0) is 35.9 Å². The predicted octanol–water partition coefficient (Wildman–Crippen LogP) is 5.81. The molecule has 4 aromatic rings. The summed E-state index contributed by atoms with van der Waals surface area (Å²) in [4.78, 5) is 19.9. The molecule has 0 aliphatic heterocycles. The molecule has 140 valence electrons. The van der Waals surface area contributed by atoms with Gasteiger partial charge in [0.05, 0.1) is 29.4 Å². The van der Waals surface area contributed by atoms with E-state index in [1.807, 2.05) is 54.6 Å². The predicted molar refractivity (Wildman–Crippen MR) is 115 cm³/mol. The Bertz CT molecular complexity index is 1090. The molecule has 4 nitrogen and oxygen atoms in total. The van der Waals surface area contributed by atoms with Crippen molar-refractivity contribution in [1.82, 2.24) is 4.98 Å². The second-order valence-electron chi connectivity index (χ2n) is 6.19. The number of thiazole rings is 1. The van der Waals surface area contributed by atoms with Gasteiger partial charge in [0.1, 0.15) is 5.75 Å². The van der Waals surface area contributed by atoms with E-state index in [1.54, 1.807) is 30.2 Å². The van der Waals surface area contributed by atoms with Crippen molar-refractivity contribution >= 4 is 44.2 Å². The van der Waals surface area contributed by atoms with Crippen molar-refractivity contribution < 1.29 is 9.53 Å². The average Bonchev–Trinajstić information content (AvgIpc) is 3.16. The molecule has 1 amide bonds. The SMILES string of the molecule is COc1ccc(Cl)cc1C(=O)N(Cc1ccccc1)c1nc2ccccc2s1. The van der Waals surface area contributed by atoms with E-state index >= 15 is 0 Å². The van der Waals surface area contributed by atoms with Crippen molar-refractivity contribution in [3.8, 4) is 5.75 Å². The van der Waals surface area contributed by atoms with Crippen LogP contribution in [0.4, 0.5) is 5.13 Å². The molecule has 0 N–H and O–H groups in total. The molecule has 0 radical (unpaired) electrons. The van der Waals surface area contributed by atoms with Crippen LogP contribution in [0.25, 0.3) is 10.2 Å². The smallest absolute Gasteiger partial charge is 0.264 e. The van der Waals surface area contributed by atoms with Gasteiger partial charge < -0.3 is 4.74 Å². The molecule has 28 heavy (non-hydrogen) atoms. The summed E-state index contributed by atoms with van der Waals surface area (Å²) in [6.45, 7) is 0.398. The number of methoxy groups -OCH3 is 1. The molecule has 0 aliphatic rings. The number of para-hydroxylation sites is 1. The molecule has 0 spiro atoms. The van der Waals surface area contributed by atoms with Gasteiger partial charge in [-0.3, -0.25) is 9.69 Å². The van der Waals surface area contributed by atoms with Crippen molar-refractivity contribution in [2.24, 2.45) is 0 Å². The Kier molecular flexibility index (Phi) is 5.28. The molecular formula is C22H17ClN2O2S. The minimum atomic E-state index is -0.206. The normalized spacial score (nSPS) is 10.8. The maximum Gasteiger partial charge on any atom is 0.264 e. The number of benzene rings is 3. The average molecular weight is 409 g/mol. The first-order chi connectivity index (χ1) is 13.7. The van der Waals surface area contributed by atoms with Gasteiger partial charge in [0.25, 0.3) is 5.91 Å². The third kappa shape index (κ3) is 3.72. The van der Waals surface area contributed by atoms with Crippen LogP contribution in [0.15, 0.2) is 72.8 Å². The Morgan fingerprint density at radius 1 is 1.07 bits per heavy atom. The zero-order chi connectivity index (χ0) is 19.5. The number of fused-ring (bicyclic) bond motifs is 1. The Morgan fingerprint density at radius 2 is 1.82 bits per heavy atom. The summed E-state index contributed by atoms with van der Waals surface area (Å²) < 4.78 is 6.42. The van der Waals surface area contributed by atoms with Gasteiger partial charge in [-0.2, -0.15) is 0 Å². The van der Waals surface area contributed by atoms with E-state index in [4.69, 9.17) is 16.3 Å². The maximum absolute atomic E-state index is 13.5. The molecule has 0 atom stereocenters. The molecule has 6 heteroatoms. The van der Waals surface area contributed by atoms with E-state index in [-0.39, 0.29) is 5.91 Å². The van der Waals surface area contributed by atoms with Crippen LogP contribution in [0.2, 0.25) is 5.02 Å². The zero-order valence-electron chi connectivity index (χ0n) is 15.1. The number of aromatic nitrogens is 1. The Balaban J connectivity index is 1.80. The number of nitrogens with zero attached hydrogens (tertiary/aromatic N) is 2. The number of rotatable bonds is 5. The van der Waals surface area contributed by atoms with Crippen molar-refractivity contribution in [1.29, 1.82) is 0 Å². The number of anilines is 1. The topological polar surface area (TPSA) is 42.4 Å². The van der Waals surface area contributed by atoms with E-state index in [0.717, 1.165) is 15.8 Å². The lowest BCUT2D eigenvalue weighted by Crippen LogP contribution is -2.30. The van der Waals surface area contributed by atoms with Gasteiger partial charge in [0.2, 0.25) is 0 Å². The molecule has 4 rings (SSSR count). The van der Waals surface area contributed by atoms with Gasteiger partial charge in [-0.1, -0.05) is 65.4 Å². The summed E-state index contributed by atoms with van der Waals surface area (Å²) in [7, 11) is 1.54. The van der Waals surface area contributed by atoms with Gasteiger partial charge in [0.15, 0.2) is 5.13 Å². The first kappa shape index (κ1) is 18.5. The first-order valence-corrected chi connectivity index (χ1v) is 9.90. The molecule has 3 aromatic carbocycles. The molecule has 0 fully saturated rings. The lowest BCUT2D eigenvalue weighted by molar-refractivity contribution is 0.0982.